The van der Waals surface area contributed by atoms with Gasteiger partial charge in [0.15, 0.2) is 0 Å². The SMILES string of the molecule is O=C(O)N1CCCCC1n1cc(I)cn1. The van der Waals surface area contributed by atoms with Gasteiger partial charge in [0, 0.05) is 12.7 Å². The van der Waals surface area contributed by atoms with E-state index in [-0.39, 0.29) is 6.17 Å². The van der Waals surface area contributed by atoms with Gasteiger partial charge in [-0.15, -0.1) is 0 Å². The van der Waals surface area contributed by atoms with Crippen molar-refractivity contribution < 1.29 is 9.90 Å². The molecular formula is C9H12IN3O2. The van der Waals surface area contributed by atoms with Crippen molar-refractivity contribution >= 4 is 28.7 Å². The van der Waals surface area contributed by atoms with Gasteiger partial charge in [-0.1, -0.05) is 0 Å². The standard InChI is InChI=1S/C9H12IN3O2/c10-7-5-11-13(6-7)8-3-1-2-4-12(8)9(14)15/h5-6,8H,1-4H2,(H,14,15). The molecule has 1 aliphatic heterocycles. The second-order valence-corrected chi connectivity index (χ2v) is 4.84. The van der Waals surface area contributed by atoms with Crippen LogP contribution in [0.2, 0.25) is 0 Å². The van der Waals surface area contributed by atoms with Crippen LogP contribution in [0, 0.1) is 3.57 Å². The van der Waals surface area contributed by atoms with E-state index in [1.165, 1.54) is 4.90 Å². The molecule has 1 amide bonds. The summed E-state index contributed by atoms with van der Waals surface area (Å²) in [6.45, 7) is 0.608. The molecule has 15 heavy (non-hydrogen) atoms. The Balaban J connectivity index is 2.21. The zero-order valence-corrected chi connectivity index (χ0v) is 10.3. The van der Waals surface area contributed by atoms with Gasteiger partial charge in [0.2, 0.25) is 0 Å². The second-order valence-electron chi connectivity index (χ2n) is 3.59. The monoisotopic (exact) mass is 321 g/mol. The zero-order chi connectivity index (χ0) is 10.8. The smallest absolute Gasteiger partial charge is 0.409 e. The molecule has 82 valence electrons. The van der Waals surface area contributed by atoms with Crippen LogP contribution >= 0.6 is 22.6 Å². The first-order chi connectivity index (χ1) is 7.18. The van der Waals surface area contributed by atoms with Crippen LogP contribution in [0.25, 0.3) is 0 Å². The Hall–Kier alpha value is -0.790. The fourth-order valence-electron chi connectivity index (χ4n) is 1.89. The molecule has 1 unspecified atom stereocenters. The molecule has 1 fully saturated rings. The quantitative estimate of drug-likeness (QED) is 0.807. The van der Waals surface area contributed by atoms with Gasteiger partial charge in [0.05, 0.1) is 9.77 Å². The van der Waals surface area contributed by atoms with Gasteiger partial charge in [-0.05, 0) is 41.9 Å². The summed E-state index contributed by atoms with van der Waals surface area (Å²) < 4.78 is 2.78. The van der Waals surface area contributed by atoms with Crippen molar-refractivity contribution in [3.05, 3.63) is 16.0 Å². The van der Waals surface area contributed by atoms with Gasteiger partial charge >= 0.3 is 6.09 Å². The van der Waals surface area contributed by atoms with Crippen molar-refractivity contribution in [1.29, 1.82) is 0 Å². The predicted octanol–water partition coefficient (Wildman–Crippen LogP) is 2.15. The molecule has 1 atom stereocenters. The van der Waals surface area contributed by atoms with Crippen molar-refractivity contribution in [2.24, 2.45) is 0 Å². The van der Waals surface area contributed by atoms with Crippen LogP contribution in [-0.4, -0.2) is 32.4 Å². The number of piperidine rings is 1. The lowest BCUT2D eigenvalue weighted by Crippen LogP contribution is -2.40. The molecule has 0 aliphatic carbocycles. The van der Waals surface area contributed by atoms with E-state index in [0.717, 1.165) is 22.8 Å². The Labute approximate surface area is 101 Å². The Kier molecular flexibility index (Phi) is 3.13. The maximum atomic E-state index is 11.0. The summed E-state index contributed by atoms with van der Waals surface area (Å²) in [6, 6.07) is 0. The molecule has 1 N–H and O–H groups in total. The van der Waals surface area contributed by atoms with E-state index in [2.05, 4.69) is 27.7 Å². The van der Waals surface area contributed by atoms with Crippen molar-refractivity contribution in [2.45, 2.75) is 25.4 Å². The van der Waals surface area contributed by atoms with Crippen LogP contribution in [-0.2, 0) is 0 Å². The number of aromatic nitrogens is 2. The number of hydrogen-bond acceptors (Lipinski definition) is 2. The number of carboxylic acid groups (broad SMARTS) is 1. The minimum atomic E-state index is -0.856. The molecule has 2 heterocycles. The van der Waals surface area contributed by atoms with Gasteiger partial charge in [-0.3, -0.25) is 4.90 Å². The maximum Gasteiger partial charge on any atom is 0.409 e. The van der Waals surface area contributed by atoms with Crippen molar-refractivity contribution in [3.8, 4) is 0 Å². The summed E-state index contributed by atoms with van der Waals surface area (Å²) in [6.07, 6.45) is 5.50. The minimum absolute atomic E-state index is 0.125. The van der Waals surface area contributed by atoms with Crippen LogP contribution in [0.1, 0.15) is 25.4 Å². The average molecular weight is 321 g/mol. The summed E-state index contributed by atoms with van der Waals surface area (Å²) in [5.74, 6) is 0. The Bertz CT molecular complexity index is 366. The van der Waals surface area contributed by atoms with Gasteiger partial charge in [-0.25, -0.2) is 9.48 Å². The molecular weight excluding hydrogens is 309 g/mol. The first kappa shape index (κ1) is 10.7. The Morgan fingerprint density at radius 2 is 2.40 bits per heavy atom. The maximum absolute atomic E-state index is 11.0. The van der Waals surface area contributed by atoms with Gasteiger partial charge in [0.1, 0.15) is 6.17 Å². The molecule has 5 nitrogen and oxygen atoms in total. The number of nitrogens with zero attached hydrogens (tertiary/aromatic N) is 3. The van der Waals surface area contributed by atoms with Gasteiger partial charge in [-0.2, -0.15) is 5.10 Å². The first-order valence-electron chi connectivity index (χ1n) is 4.87. The highest BCUT2D eigenvalue weighted by Crippen LogP contribution is 2.25. The van der Waals surface area contributed by atoms with E-state index in [1.807, 2.05) is 6.20 Å². The third kappa shape index (κ3) is 2.24. The van der Waals surface area contributed by atoms with E-state index >= 15 is 0 Å². The molecule has 1 aliphatic rings. The van der Waals surface area contributed by atoms with Crippen molar-refractivity contribution in [3.63, 3.8) is 0 Å². The van der Waals surface area contributed by atoms with Crippen LogP contribution in [0.3, 0.4) is 0 Å². The second kappa shape index (κ2) is 4.38. The number of hydrogen-bond donors (Lipinski definition) is 1. The summed E-state index contributed by atoms with van der Waals surface area (Å²) in [5, 5.41) is 13.2. The highest BCUT2D eigenvalue weighted by atomic mass is 127. The normalized spacial score (nSPS) is 21.7. The van der Waals surface area contributed by atoms with Crippen LogP contribution in [0.5, 0.6) is 0 Å². The third-order valence-electron chi connectivity index (χ3n) is 2.59. The molecule has 1 saturated heterocycles. The molecule has 0 spiro atoms. The van der Waals surface area contributed by atoms with Crippen LogP contribution < -0.4 is 0 Å². The molecule has 0 aromatic carbocycles. The molecule has 0 radical (unpaired) electrons. The van der Waals surface area contributed by atoms with Crippen molar-refractivity contribution in [1.82, 2.24) is 14.7 Å². The molecule has 2 rings (SSSR count). The molecule has 6 heteroatoms. The zero-order valence-electron chi connectivity index (χ0n) is 8.14. The summed E-state index contributed by atoms with van der Waals surface area (Å²) >= 11 is 2.17. The van der Waals surface area contributed by atoms with Crippen LogP contribution in [0.15, 0.2) is 12.4 Å². The number of likely N-dealkylation sites (tertiary alicyclic amines) is 1. The largest absolute Gasteiger partial charge is 0.465 e. The fraction of sp³-hybridized carbons (Fsp3) is 0.556. The number of carbonyl (C=O) groups is 1. The van der Waals surface area contributed by atoms with Gasteiger partial charge < -0.3 is 5.11 Å². The molecule has 1 aromatic rings. The molecule has 0 bridgehead atoms. The molecule has 0 saturated carbocycles. The Morgan fingerprint density at radius 3 is 3.00 bits per heavy atom. The highest BCUT2D eigenvalue weighted by molar-refractivity contribution is 14.1. The summed E-state index contributed by atoms with van der Waals surface area (Å²) in [5.41, 5.74) is 0. The summed E-state index contributed by atoms with van der Waals surface area (Å²) in [7, 11) is 0. The Morgan fingerprint density at radius 1 is 1.60 bits per heavy atom. The van der Waals surface area contributed by atoms with Crippen LogP contribution in [0.4, 0.5) is 4.79 Å². The number of halogens is 1. The number of rotatable bonds is 1. The lowest BCUT2D eigenvalue weighted by Gasteiger charge is -2.33. The highest BCUT2D eigenvalue weighted by Gasteiger charge is 2.27. The van der Waals surface area contributed by atoms with E-state index in [0.29, 0.717) is 6.54 Å². The van der Waals surface area contributed by atoms with E-state index in [1.54, 1.807) is 10.9 Å². The lowest BCUT2D eigenvalue weighted by molar-refractivity contribution is 0.0733. The molecule has 1 aromatic heterocycles. The minimum Gasteiger partial charge on any atom is -0.465 e. The third-order valence-corrected chi connectivity index (χ3v) is 3.15. The van der Waals surface area contributed by atoms with Gasteiger partial charge in [0.25, 0.3) is 0 Å². The predicted molar refractivity (Wildman–Crippen MR) is 62.6 cm³/mol. The summed E-state index contributed by atoms with van der Waals surface area (Å²) in [4.78, 5) is 12.5. The topological polar surface area (TPSA) is 58.4 Å². The fourth-order valence-corrected chi connectivity index (χ4v) is 2.30. The van der Waals surface area contributed by atoms with Crippen molar-refractivity contribution in [2.75, 3.05) is 6.54 Å². The number of amides is 1. The van der Waals surface area contributed by atoms with E-state index in [4.69, 9.17) is 5.11 Å². The van der Waals surface area contributed by atoms with E-state index < -0.39 is 6.09 Å². The first-order valence-corrected chi connectivity index (χ1v) is 5.95. The lowest BCUT2D eigenvalue weighted by atomic mass is 10.1. The van der Waals surface area contributed by atoms with E-state index in [9.17, 15) is 4.79 Å². The average Bonchev–Trinajstić information content (AvgIpc) is 2.65.